The molecule has 3 nitrogen and oxygen atoms in total. The van der Waals surface area contributed by atoms with Crippen molar-refractivity contribution in [2.24, 2.45) is 5.92 Å². The second-order valence-corrected chi connectivity index (χ2v) is 3.54. The predicted molar refractivity (Wildman–Crippen MR) is 50.2 cm³/mol. The van der Waals surface area contributed by atoms with Gasteiger partial charge in [0.1, 0.15) is 6.04 Å². The summed E-state index contributed by atoms with van der Waals surface area (Å²) in [6.07, 6.45) is 6.73. The molecule has 0 saturated carbocycles. The van der Waals surface area contributed by atoms with Crippen molar-refractivity contribution in [2.45, 2.75) is 25.8 Å². The Morgan fingerprint density at radius 2 is 2.46 bits per heavy atom. The second-order valence-electron chi connectivity index (χ2n) is 3.54. The smallest absolute Gasteiger partial charge is 0.321 e. The zero-order chi connectivity index (χ0) is 9.84. The molecule has 0 bridgehead atoms. The van der Waals surface area contributed by atoms with Gasteiger partial charge >= 0.3 is 5.97 Å². The minimum Gasteiger partial charge on any atom is -0.480 e. The first-order valence-electron chi connectivity index (χ1n) is 4.57. The third-order valence-corrected chi connectivity index (χ3v) is 2.60. The van der Waals surface area contributed by atoms with Gasteiger partial charge in [0.15, 0.2) is 0 Å². The van der Waals surface area contributed by atoms with Gasteiger partial charge in [0.25, 0.3) is 0 Å². The number of hydrogen-bond donors (Lipinski definition) is 1. The van der Waals surface area contributed by atoms with Crippen molar-refractivity contribution in [3.8, 4) is 12.3 Å². The number of rotatable bonds is 3. The largest absolute Gasteiger partial charge is 0.480 e. The molecule has 1 saturated heterocycles. The molecule has 1 N–H and O–H groups in total. The number of likely N-dealkylation sites (tertiary alicyclic amines) is 1. The van der Waals surface area contributed by atoms with Crippen LogP contribution >= 0.6 is 0 Å². The topological polar surface area (TPSA) is 40.5 Å². The van der Waals surface area contributed by atoms with Crippen molar-refractivity contribution in [2.75, 3.05) is 13.1 Å². The van der Waals surface area contributed by atoms with Crippen LogP contribution < -0.4 is 0 Å². The summed E-state index contributed by atoms with van der Waals surface area (Å²) in [6.45, 7) is 3.55. The van der Waals surface area contributed by atoms with Crippen molar-refractivity contribution in [3.05, 3.63) is 0 Å². The van der Waals surface area contributed by atoms with Crippen LogP contribution in [0.1, 0.15) is 19.8 Å². The molecular formula is C10H15NO2. The Kier molecular flexibility index (Phi) is 3.32. The Hall–Kier alpha value is -1.01. The van der Waals surface area contributed by atoms with Crippen LogP contribution in [0.4, 0.5) is 0 Å². The van der Waals surface area contributed by atoms with Gasteiger partial charge in [0, 0.05) is 13.0 Å². The Labute approximate surface area is 78.7 Å². The molecule has 0 amide bonds. The van der Waals surface area contributed by atoms with E-state index in [-0.39, 0.29) is 12.0 Å². The maximum absolute atomic E-state index is 10.9. The Balaban J connectivity index is 2.55. The molecule has 13 heavy (non-hydrogen) atoms. The highest BCUT2D eigenvalue weighted by molar-refractivity contribution is 5.74. The normalized spacial score (nSPS) is 28.6. The Bertz CT molecular complexity index is 232. The van der Waals surface area contributed by atoms with Crippen molar-refractivity contribution >= 4 is 5.97 Å². The number of aliphatic carboxylic acids is 1. The van der Waals surface area contributed by atoms with E-state index in [4.69, 9.17) is 11.5 Å². The predicted octanol–water partition coefficient (Wildman–Crippen LogP) is 0.805. The quantitative estimate of drug-likeness (QED) is 0.655. The van der Waals surface area contributed by atoms with Crippen molar-refractivity contribution < 1.29 is 9.90 Å². The van der Waals surface area contributed by atoms with Gasteiger partial charge in [-0.05, 0) is 18.9 Å². The van der Waals surface area contributed by atoms with Crippen LogP contribution in [-0.2, 0) is 4.79 Å². The van der Waals surface area contributed by atoms with Gasteiger partial charge in [0.2, 0.25) is 0 Å². The highest BCUT2D eigenvalue weighted by Crippen LogP contribution is 2.23. The fraction of sp³-hybridized carbons (Fsp3) is 0.700. The lowest BCUT2D eigenvalue weighted by atomic mass is 10.0. The number of nitrogens with zero attached hydrogens (tertiary/aromatic N) is 1. The lowest BCUT2D eigenvalue weighted by molar-refractivity contribution is -0.143. The SMILES string of the molecule is C#CCCN1CCC(C)C1C(=O)O. The Morgan fingerprint density at radius 1 is 1.77 bits per heavy atom. The van der Waals surface area contributed by atoms with E-state index in [2.05, 4.69) is 5.92 Å². The summed E-state index contributed by atoms with van der Waals surface area (Å²) in [7, 11) is 0. The van der Waals surface area contributed by atoms with Crippen LogP contribution in [0.5, 0.6) is 0 Å². The molecule has 2 atom stereocenters. The summed E-state index contributed by atoms with van der Waals surface area (Å²) < 4.78 is 0. The van der Waals surface area contributed by atoms with E-state index in [1.54, 1.807) is 0 Å². The molecule has 0 aromatic rings. The van der Waals surface area contributed by atoms with E-state index >= 15 is 0 Å². The fourth-order valence-corrected chi connectivity index (χ4v) is 1.88. The molecule has 1 rings (SSSR count). The van der Waals surface area contributed by atoms with Crippen LogP contribution in [0.2, 0.25) is 0 Å². The zero-order valence-corrected chi connectivity index (χ0v) is 7.86. The van der Waals surface area contributed by atoms with E-state index in [0.717, 1.165) is 13.0 Å². The van der Waals surface area contributed by atoms with Gasteiger partial charge in [-0.25, -0.2) is 0 Å². The average molecular weight is 181 g/mol. The fourth-order valence-electron chi connectivity index (χ4n) is 1.88. The van der Waals surface area contributed by atoms with Crippen LogP contribution in [0.3, 0.4) is 0 Å². The number of carboxylic acids is 1. The standard InChI is InChI=1S/C10H15NO2/c1-3-4-6-11-7-5-8(2)9(11)10(12)13/h1,8-9H,4-7H2,2H3,(H,12,13). The first-order chi connectivity index (χ1) is 6.16. The number of terminal acetylenes is 1. The van der Waals surface area contributed by atoms with Crippen LogP contribution in [0.25, 0.3) is 0 Å². The van der Waals surface area contributed by atoms with Crippen LogP contribution in [0, 0.1) is 18.3 Å². The molecule has 0 aromatic carbocycles. The van der Waals surface area contributed by atoms with Crippen LogP contribution in [-0.4, -0.2) is 35.1 Å². The number of carboxylic acid groups (broad SMARTS) is 1. The monoisotopic (exact) mass is 181 g/mol. The molecule has 0 aliphatic carbocycles. The van der Waals surface area contributed by atoms with Crippen LogP contribution in [0.15, 0.2) is 0 Å². The molecule has 1 fully saturated rings. The van der Waals surface area contributed by atoms with Gasteiger partial charge in [0.05, 0.1) is 0 Å². The van der Waals surface area contributed by atoms with Crippen molar-refractivity contribution in [1.82, 2.24) is 4.90 Å². The van der Waals surface area contributed by atoms with Crippen molar-refractivity contribution in [3.63, 3.8) is 0 Å². The summed E-state index contributed by atoms with van der Waals surface area (Å²) >= 11 is 0. The van der Waals surface area contributed by atoms with Crippen molar-refractivity contribution in [1.29, 1.82) is 0 Å². The highest BCUT2D eigenvalue weighted by Gasteiger charge is 2.35. The maximum Gasteiger partial charge on any atom is 0.321 e. The lowest BCUT2D eigenvalue weighted by Gasteiger charge is -2.21. The summed E-state index contributed by atoms with van der Waals surface area (Å²) in [5.41, 5.74) is 0. The number of hydrogen-bond acceptors (Lipinski definition) is 2. The summed E-state index contributed by atoms with van der Waals surface area (Å²) in [5.74, 6) is 2.06. The summed E-state index contributed by atoms with van der Waals surface area (Å²) in [6, 6.07) is -0.326. The minimum absolute atomic E-state index is 0.246. The Morgan fingerprint density at radius 3 is 3.00 bits per heavy atom. The molecule has 2 unspecified atom stereocenters. The maximum atomic E-state index is 10.9. The van der Waals surface area contributed by atoms with Gasteiger partial charge < -0.3 is 5.11 Å². The lowest BCUT2D eigenvalue weighted by Crippen LogP contribution is -2.39. The molecule has 0 spiro atoms. The zero-order valence-electron chi connectivity index (χ0n) is 7.86. The molecule has 0 aromatic heterocycles. The van der Waals surface area contributed by atoms with Gasteiger partial charge in [-0.2, -0.15) is 0 Å². The van der Waals surface area contributed by atoms with E-state index in [1.165, 1.54) is 0 Å². The molecule has 1 heterocycles. The summed E-state index contributed by atoms with van der Waals surface area (Å²) in [5, 5.41) is 8.96. The van der Waals surface area contributed by atoms with Gasteiger partial charge in [-0.3, -0.25) is 9.69 Å². The first kappa shape index (κ1) is 10.1. The second kappa shape index (κ2) is 4.29. The molecular weight excluding hydrogens is 166 g/mol. The van der Waals surface area contributed by atoms with E-state index < -0.39 is 5.97 Å². The van der Waals surface area contributed by atoms with E-state index in [9.17, 15) is 4.79 Å². The first-order valence-corrected chi connectivity index (χ1v) is 4.57. The summed E-state index contributed by atoms with van der Waals surface area (Å²) in [4.78, 5) is 12.9. The van der Waals surface area contributed by atoms with Gasteiger partial charge in [-0.1, -0.05) is 6.92 Å². The molecule has 72 valence electrons. The number of carbonyl (C=O) groups is 1. The third-order valence-electron chi connectivity index (χ3n) is 2.60. The average Bonchev–Trinajstić information content (AvgIpc) is 2.43. The minimum atomic E-state index is -0.720. The highest BCUT2D eigenvalue weighted by atomic mass is 16.4. The van der Waals surface area contributed by atoms with Gasteiger partial charge in [-0.15, -0.1) is 12.3 Å². The molecule has 1 aliphatic heterocycles. The molecule has 1 aliphatic rings. The van der Waals surface area contributed by atoms with E-state index in [0.29, 0.717) is 13.0 Å². The third kappa shape index (κ3) is 2.22. The van der Waals surface area contributed by atoms with E-state index in [1.807, 2.05) is 11.8 Å². The molecule has 0 radical (unpaired) electrons. The molecule has 3 heteroatoms.